The molecule has 0 aromatic heterocycles. The lowest BCUT2D eigenvalue weighted by Gasteiger charge is -2.31. The third-order valence-corrected chi connectivity index (χ3v) is 12.5. The zero-order chi connectivity index (χ0) is 38.3. The Balaban J connectivity index is 0.00000480. The van der Waals surface area contributed by atoms with Crippen LogP contribution in [0.15, 0.2) is 131 Å². The maximum atomic E-state index is 14.6. The molecule has 0 unspecified atom stereocenters. The summed E-state index contributed by atoms with van der Waals surface area (Å²) in [5, 5.41) is 2.18. The molecule has 4 aromatic rings. The summed E-state index contributed by atoms with van der Waals surface area (Å²) >= 11 is 0. The number of sulfonamides is 1. The number of carbonyl (C=O) groups is 3. The number of hydrogen-bond donors (Lipinski definition) is 0. The number of hydrogen-bond acceptors (Lipinski definition) is 8. The Bertz CT molecular complexity index is 2590. The molecule has 2 saturated heterocycles. The topological polar surface area (TPSA) is 120 Å². The molecule has 56 heavy (non-hydrogen) atoms. The van der Waals surface area contributed by atoms with Crippen molar-refractivity contribution in [2.75, 3.05) is 32.1 Å². The number of fused-ring (bicyclic) bond motifs is 2. The Labute approximate surface area is 330 Å². The highest BCUT2D eigenvalue weighted by atomic mass is 35.5. The number of benzene rings is 5. The second kappa shape index (κ2) is 15.7. The number of imide groups is 1. The minimum absolute atomic E-state index is 0. The Morgan fingerprint density at radius 1 is 0.786 bits per heavy atom. The highest BCUT2D eigenvalue weighted by Gasteiger charge is 2.38. The fraction of sp³-hybridized carbons (Fsp3) is 0.209. The molecule has 1 aliphatic carbocycles. The van der Waals surface area contributed by atoms with E-state index in [1.807, 2.05) is 123 Å². The van der Waals surface area contributed by atoms with Crippen LogP contribution in [0, 0.1) is 5.92 Å². The minimum Gasteiger partial charge on any atom is -0.456 e. The molecule has 2 amide bonds. The van der Waals surface area contributed by atoms with Gasteiger partial charge < -0.3 is 14.2 Å². The van der Waals surface area contributed by atoms with E-state index >= 15 is 0 Å². The summed E-state index contributed by atoms with van der Waals surface area (Å²) in [6.45, 7) is 0.128. The van der Waals surface area contributed by atoms with Crippen molar-refractivity contribution in [3.63, 3.8) is 0 Å². The smallest absolute Gasteiger partial charge is 0.336 e. The molecule has 0 atom stereocenters. The monoisotopic (exact) mass is 791 g/mol. The zero-order valence-corrected chi connectivity index (χ0v) is 32.5. The summed E-state index contributed by atoms with van der Waals surface area (Å²) in [4.78, 5) is 44.2. The van der Waals surface area contributed by atoms with Gasteiger partial charge in [-0.25, -0.2) is 13.2 Å². The van der Waals surface area contributed by atoms with E-state index in [1.54, 1.807) is 12.1 Å². The van der Waals surface area contributed by atoms with Gasteiger partial charge in [0, 0.05) is 90.7 Å². The van der Waals surface area contributed by atoms with Crippen LogP contribution in [-0.2, 0) is 29.2 Å². The van der Waals surface area contributed by atoms with E-state index in [4.69, 9.17) is 9.25 Å². The first kappa shape index (κ1) is 38.5. The Kier molecular flexibility index (Phi) is 10.8. The molecule has 11 nitrogen and oxygen atoms in total. The maximum absolute atomic E-state index is 14.6. The van der Waals surface area contributed by atoms with Gasteiger partial charge in [-0.15, -0.1) is 17.5 Å². The van der Waals surface area contributed by atoms with E-state index in [0.29, 0.717) is 22.0 Å². The van der Waals surface area contributed by atoms with Crippen molar-refractivity contribution < 1.29 is 32.1 Å². The van der Waals surface area contributed by atoms with Gasteiger partial charge in [-0.05, 0) is 49.2 Å². The SMILES string of the molecule is CN(c1ccccc1)c1ccc2c(-c3ccccc3S(=O)(=O)N3CCC(C(=O)ON4C(=O)CCC4=O)CC3)c3ccc(=[N+](C)c4ccccc4)cc-3oc2c1.Cl. The molecule has 8 rings (SSSR count). The van der Waals surface area contributed by atoms with Gasteiger partial charge in [-0.1, -0.05) is 54.6 Å². The van der Waals surface area contributed by atoms with E-state index in [0.717, 1.165) is 38.9 Å². The van der Waals surface area contributed by atoms with Crippen LogP contribution in [0.3, 0.4) is 0 Å². The first-order valence-electron chi connectivity index (χ1n) is 18.2. The number of carbonyl (C=O) groups excluding carboxylic acids is 3. The fourth-order valence-corrected chi connectivity index (χ4v) is 9.04. The van der Waals surface area contributed by atoms with Crippen molar-refractivity contribution in [2.24, 2.45) is 5.92 Å². The van der Waals surface area contributed by atoms with E-state index in [-0.39, 0.29) is 56.1 Å². The lowest BCUT2D eigenvalue weighted by molar-refractivity contribution is -0.201. The molecular formula is C43H40ClN4O7S+. The van der Waals surface area contributed by atoms with Gasteiger partial charge >= 0.3 is 5.97 Å². The van der Waals surface area contributed by atoms with Crippen molar-refractivity contribution >= 4 is 68.2 Å². The largest absolute Gasteiger partial charge is 0.456 e. The molecule has 4 aromatic carbocycles. The summed E-state index contributed by atoms with van der Waals surface area (Å²) in [6, 6.07) is 38.9. The summed E-state index contributed by atoms with van der Waals surface area (Å²) in [7, 11) is -0.0916. The van der Waals surface area contributed by atoms with Gasteiger partial charge in [-0.3, -0.25) is 9.59 Å². The quantitative estimate of drug-likeness (QED) is 0.0907. The van der Waals surface area contributed by atoms with Crippen molar-refractivity contribution in [2.45, 2.75) is 30.6 Å². The molecule has 0 bridgehead atoms. The van der Waals surface area contributed by atoms with Gasteiger partial charge in [0.1, 0.15) is 18.4 Å². The lowest BCUT2D eigenvalue weighted by Crippen LogP contribution is -2.42. The van der Waals surface area contributed by atoms with Crippen LogP contribution in [0.1, 0.15) is 25.7 Å². The second-order valence-corrected chi connectivity index (χ2v) is 15.7. The predicted molar refractivity (Wildman–Crippen MR) is 216 cm³/mol. The van der Waals surface area contributed by atoms with Crippen molar-refractivity contribution in [1.82, 2.24) is 13.9 Å². The van der Waals surface area contributed by atoms with E-state index in [1.165, 1.54) is 4.31 Å². The Morgan fingerprint density at radius 2 is 1.43 bits per heavy atom. The van der Waals surface area contributed by atoms with Crippen LogP contribution in [0.5, 0.6) is 0 Å². The lowest BCUT2D eigenvalue weighted by atomic mass is 9.93. The number of anilines is 2. The molecule has 0 saturated carbocycles. The van der Waals surface area contributed by atoms with E-state index in [2.05, 4.69) is 9.48 Å². The van der Waals surface area contributed by atoms with Crippen molar-refractivity contribution in [1.29, 1.82) is 0 Å². The molecule has 2 fully saturated rings. The summed E-state index contributed by atoms with van der Waals surface area (Å²) < 4.78 is 39.3. The average Bonchev–Trinajstić information content (AvgIpc) is 3.54. The number of halogens is 1. The molecule has 3 heterocycles. The number of para-hydroxylation sites is 2. The Hall–Kier alpha value is -5.82. The van der Waals surface area contributed by atoms with Crippen molar-refractivity contribution in [3.05, 3.63) is 127 Å². The predicted octanol–water partition coefficient (Wildman–Crippen LogP) is 7.14. The fourth-order valence-electron chi connectivity index (χ4n) is 7.37. The number of hydroxylamine groups is 2. The average molecular weight is 792 g/mol. The summed E-state index contributed by atoms with van der Waals surface area (Å²) in [5.41, 5.74) is 5.47. The second-order valence-electron chi connectivity index (χ2n) is 13.8. The molecule has 0 N–H and O–H groups in total. The number of amides is 2. The van der Waals surface area contributed by atoms with Crippen LogP contribution in [0.25, 0.3) is 33.4 Å². The van der Waals surface area contributed by atoms with Gasteiger partial charge in [-0.2, -0.15) is 8.88 Å². The van der Waals surface area contributed by atoms with Crippen LogP contribution < -0.4 is 14.8 Å². The maximum Gasteiger partial charge on any atom is 0.336 e. The molecule has 0 spiro atoms. The third kappa shape index (κ3) is 7.18. The molecular weight excluding hydrogens is 752 g/mol. The molecule has 286 valence electrons. The third-order valence-electron chi connectivity index (χ3n) is 10.5. The number of rotatable bonds is 8. The van der Waals surface area contributed by atoms with Crippen LogP contribution in [-0.4, -0.2) is 62.8 Å². The zero-order valence-electron chi connectivity index (χ0n) is 30.8. The molecule has 0 radical (unpaired) electrons. The van der Waals surface area contributed by atoms with Crippen LogP contribution in [0.2, 0.25) is 0 Å². The van der Waals surface area contributed by atoms with Crippen molar-refractivity contribution in [3.8, 4) is 22.5 Å². The highest BCUT2D eigenvalue weighted by Crippen LogP contribution is 2.44. The first-order valence-corrected chi connectivity index (χ1v) is 19.6. The van der Waals surface area contributed by atoms with E-state index in [9.17, 15) is 22.8 Å². The minimum atomic E-state index is -4.07. The van der Waals surface area contributed by atoms with Gasteiger partial charge in [0.05, 0.1) is 16.9 Å². The molecule has 4 aliphatic rings. The van der Waals surface area contributed by atoms with Gasteiger partial charge in [0.25, 0.3) is 11.8 Å². The Morgan fingerprint density at radius 3 is 2.12 bits per heavy atom. The normalized spacial score (nSPS) is 15.9. The van der Waals surface area contributed by atoms with Crippen LogP contribution >= 0.6 is 12.4 Å². The highest BCUT2D eigenvalue weighted by molar-refractivity contribution is 7.89. The standard InChI is InChI=1S/C43H39N4O7S.ClH/c1-44(30-11-5-3-6-12-30)32-17-19-34-37(27-32)53-38-28-33(45(2)31-13-7-4-8-14-31)18-20-35(38)42(34)36-15-9-10-16-39(36)55(51,52)46-25-23-29(24-26-46)43(50)54-47-40(48)21-22-41(47)49;/h3-20,27-29H,21-26H2,1-2H3;1H/q+1;. The number of nitrogens with zero attached hydrogens (tertiary/aromatic N) is 4. The van der Waals surface area contributed by atoms with Gasteiger partial charge in [0.15, 0.2) is 0 Å². The van der Waals surface area contributed by atoms with Gasteiger partial charge in [0.2, 0.25) is 21.1 Å². The van der Waals surface area contributed by atoms with E-state index < -0.39 is 33.7 Å². The first-order chi connectivity index (χ1) is 26.6. The summed E-state index contributed by atoms with van der Waals surface area (Å²) in [6.07, 6.45) is 0.365. The summed E-state index contributed by atoms with van der Waals surface area (Å²) in [5.74, 6) is -1.88. The number of piperidine rings is 1. The molecule has 3 aliphatic heterocycles. The molecule has 13 heteroatoms. The van der Waals surface area contributed by atoms with Crippen LogP contribution in [0.4, 0.5) is 17.1 Å².